The van der Waals surface area contributed by atoms with E-state index in [9.17, 15) is 0 Å². The predicted octanol–water partition coefficient (Wildman–Crippen LogP) is 10.8. The lowest BCUT2D eigenvalue weighted by Gasteiger charge is -2.37. The lowest BCUT2D eigenvalue weighted by molar-refractivity contribution is 0.356. The van der Waals surface area contributed by atoms with Gasteiger partial charge in [0.2, 0.25) is 0 Å². The number of benzene rings is 2. The topological polar surface area (TPSA) is 0 Å². The van der Waals surface area contributed by atoms with Crippen molar-refractivity contribution in [1.82, 2.24) is 0 Å². The van der Waals surface area contributed by atoms with Gasteiger partial charge in [-0.05, 0) is 94.9 Å². The van der Waals surface area contributed by atoms with Gasteiger partial charge in [0.1, 0.15) is 0 Å². The molecule has 1 fully saturated rings. The van der Waals surface area contributed by atoms with Crippen molar-refractivity contribution in [3.63, 3.8) is 0 Å². The van der Waals surface area contributed by atoms with Crippen molar-refractivity contribution in [2.45, 2.75) is 92.9 Å². The van der Waals surface area contributed by atoms with E-state index >= 15 is 0 Å². The van der Waals surface area contributed by atoms with Gasteiger partial charge in [-0.15, -0.1) is 0 Å². The molecule has 0 N–H and O–H groups in total. The van der Waals surface area contributed by atoms with E-state index in [1.54, 1.807) is 5.56 Å². The van der Waals surface area contributed by atoms with E-state index in [1.807, 2.05) is 0 Å². The zero-order valence-electron chi connectivity index (χ0n) is 24.8. The minimum Gasteiger partial charge on any atom is -0.0986 e. The highest BCUT2D eigenvalue weighted by Gasteiger charge is 2.33. The second-order valence-electron chi connectivity index (χ2n) is 13.6. The van der Waals surface area contributed by atoms with Gasteiger partial charge in [0, 0.05) is 5.92 Å². The SMILES string of the molecule is C=C1C(C(C)(C)C)=CC(C)C(=C)C1CC1=Cc2cccc(-c3cc(C)cc(C)c3CC3CCCCC3)c2C1. The number of rotatable bonds is 5. The van der Waals surface area contributed by atoms with Gasteiger partial charge < -0.3 is 0 Å². The molecule has 2 aromatic carbocycles. The van der Waals surface area contributed by atoms with Crippen LogP contribution in [-0.4, -0.2) is 0 Å². The largest absolute Gasteiger partial charge is 0.0986 e. The molecule has 0 radical (unpaired) electrons. The van der Waals surface area contributed by atoms with Crippen LogP contribution in [-0.2, 0) is 12.8 Å². The van der Waals surface area contributed by atoms with Crippen LogP contribution < -0.4 is 0 Å². The van der Waals surface area contributed by atoms with Crippen molar-refractivity contribution in [3.05, 3.63) is 99.7 Å². The van der Waals surface area contributed by atoms with Crippen LogP contribution >= 0.6 is 0 Å². The average Bonchev–Trinajstić information content (AvgIpc) is 3.28. The van der Waals surface area contributed by atoms with Gasteiger partial charge in [-0.3, -0.25) is 0 Å². The van der Waals surface area contributed by atoms with Gasteiger partial charge in [0.25, 0.3) is 0 Å². The Morgan fingerprint density at radius 2 is 1.66 bits per heavy atom. The third-order valence-electron chi connectivity index (χ3n) is 9.59. The smallest absolute Gasteiger partial charge is 0.00856 e. The van der Waals surface area contributed by atoms with Crippen molar-refractivity contribution < 1.29 is 0 Å². The predicted molar refractivity (Wildman–Crippen MR) is 166 cm³/mol. The Labute approximate surface area is 232 Å². The maximum absolute atomic E-state index is 4.61. The molecule has 0 amide bonds. The molecule has 2 atom stereocenters. The first-order valence-electron chi connectivity index (χ1n) is 15.0. The molecule has 0 nitrogen and oxygen atoms in total. The quantitative estimate of drug-likeness (QED) is 0.355. The minimum atomic E-state index is 0.113. The van der Waals surface area contributed by atoms with Gasteiger partial charge in [0.05, 0.1) is 0 Å². The highest BCUT2D eigenvalue weighted by atomic mass is 14.4. The average molecular weight is 505 g/mol. The van der Waals surface area contributed by atoms with Crippen molar-refractivity contribution in [2.75, 3.05) is 0 Å². The molecule has 200 valence electrons. The third kappa shape index (κ3) is 5.29. The molecule has 2 unspecified atom stereocenters. The van der Waals surface area contributed by atoms with E-state index < -0.39 is 0 Å². The van der Waals surface area contributed by atoms with Crippen LogP contribution in [0.4, 0.5) is 0 Å². The number of hydrogen-bond donors (Lipinski definition) is 0. The molecule has 0 saturated heterocycles. The molecule has 0 spiro atoms. The first-order valence-corrected chi connectivity index (χ1v) is 15.0. The summed E-state index contributed by atoms with van der Waals surface area (Å²) < 4.78 is 0. The van der Waals surface area contributed by atoms with Gasteiger partial charge >= 0.3 is 0 Å². The molecule has 0 aliphatic heterocycles. The molecule has 0 bridgehead atoms. The van der Waals surface area contributed by atoms with Crippen LogP contribution in [0.5, 0.6) is 0 Å². The summed E-state index contributed by atoms with van der Waals surface area (Å²) in [5.41, 5.74) is 16.0. The highest BCUT2D eigenvalue weighted by molar-refractivity contribution is 5.80. The Morgan fingerprint density at radius 1 is 0.921 bits per heavy atom. The standard InChI is InChI=1S/C38H48/c1-24-17-26(3)33(21-29-13-10-9-11-14-29)36(18-24)32-16-12-15-31-20-30(23-35(31)32)22-34-27(4)25(2)19-37(28(34)5)38(6,7)8/h12,15-20,25,29,34H,4-5,9-11,13-14,21-23H2,1-3,6-8H3. The highest BCUT2D eigenvalue weighted by Crippen LogP contribution is 2.47. The Kier molecular flexibility index (Phi) is 7.47. The number of hydrogen-bond acceptors (Lipinski definition) is 0. The summed E-state index contributed by atoms with van der Waals surface area (Å²) in [7, 11) is 0. The normalized spacial score (nSPS) is 22.4. The Hall–Kier alpha value is -2.60. The summed E-state index contributed by atoms with van der Waals surface area (Å²) in [5, 5.41) is 0. The van der Waals surface area contributed by atoms with E-state index in [4.69, 9.17) is 0 Å². The van der Waals surface area contributed by atoms with Crippen LogP contribution in [0.25, 0.3) is 17.2 Å². The van der Waals surface area contributed by atoms with Crippen molar-refractivity contribution in [2.24, 2.45) is 23.2 Å². The van der Waals surface area contributed by atoms with Gasteiger partial charge in [-0.1, -0.05) is 132 Å². The summed E-state index contributed by atoms with van der Waals surface area (Å²) >= 11 is 0. The van der Waals surface area contributed by atoms with Crippen LogP contribution in [0, 0.1) is 37.0 Å². The summed E-state index contributed by atoms with van der Waals surface area (Å²) in [5.74, 6) is 1.57. The van der Waals surface area contributed by atoms with E-state index in [0.29, 0.717) is 11.8 Å². The molecule has 0 aromatic heterocycles. The molecule has 38 heavy (non-hydrogen) atoms. The Bertz CT molecular complexity index is 1310. The molecule has 1 saturated carbocycles. The lowest BCUT2D eigenvalue weighted by atomic mass is 9.67. The number of fused-ring (bicyclic) bond motifs is 1. The van der Waals surface area contributed by atoms with E-state index in [1.165, 1.54) is 94.2 Å². The summed E-state index contributed by atoms with van der Waals surface area (Å²) in [6, 6.07) is 11.8. The number of aryl methyl sites for hydroxylation is 2. The summed E-state index contributed by atoms with van der Waals surface area (Å²) in [6.45, 7) is 23.0. The minimum absolute atomic E-state index is 0.113. The van der Waals surface area contributed by atoms with Gasteiger partial charge in [0.15, 0.2) is 0 Å². The zero-order valence-corrected chi connectivity index (χ0v) is 24.8. The molecule has 0 heterocycles. The van der Waals surface area contributed by atoms with Crippen molar-refractivity contribution in [3.8, 4) is 11.1 Å². The molecule has 3 aliphatic carbocycles. The van der Waals surface area contributed by atoms with Crippen LogP contribution in [0.1, 0.15) is 94.0 Å². The van der Waals surface area contributed by atoms with E-state index in [2.05, 4.69) is 97.2 Å². The van der Waals surface area contributed by atoms with Crippen molar-refractivity contribution in [1.29, 1.82) is 0 Å². The fraction of sp³-hybridized carbons (Fsp3) is 0.474. The fourth-order valence-corrected chi connectivity index (χ4v) is 7.45. The number of allylic oxidation sites excluding steroid dienone is 5. The second-order valence-corrected chi connectivity index (χ2v) is 13.6. The van der Waals surface area contributed by atoms with E-state index in [-0.39, 0.29) is 5.41 Å². The monoisotopic (exact) mass is 504 g/mol. The zero-order chi connectivity index (χ0) is 27.2. The van der Waals surface area contributed by atoms with Gasteiger partial charge in [-0.2, -0.15) is 0 Å². The molecular formula is C38H48. The van der Waals surface area contributed by atoms with Crippen LogP contribution in [0.2, 0.25) is 0 Å². The first kappa shape index (κ1) is 27.0. The maximum Gasteiger partial charge on any atom is 0.00856 e. The van der Waals surface area contributed by atoms with Crippen molar-refractivity contribution >= 4 is 6.08 Å². The van der Waals surface area contributed by atoms with Crippen LogP contribution in [0.3, 0.4) is 0 Å². The first-order chi connectivity index (χ1) is 18.0. The Balaban J connectivity index is 1.44. The fourth-order valence-electron chi connectivity index (χ4n) is 7.45. The van der Waals surface area contributed by atoms with Gasteiger partial charge in [-0.25, -0.2) is 0 Å². The van der Waals surface area contributed by atoms with E-state index in [0.717, 1.165) is 18.8 Å². The summed E-state index contributed by atoms with van der Waals surface area (Å²) in [4.78, 5) is 0. The maximum atomic E-state index is 4.61. The molecule has 2 aromatic rings. The molecular weight excluding hydrogens is 456 g/mol. The molecule has 3 aliphatic rings. The van der Waals surface area contributed by atoms with Crippen LogP contribution in [0.15, 0.2) is 71.9 Å². The lowest BCUT2D eigenvalue weighted by Crippen LogP contribution is -2.25. The third-order valence-corrected chi connectivity index (χ3v) is 9.59. The summed E-state index contributed by atoms with van der Waals surface area (Å²) in [6.07, 6.45) is 15.2. The Morgan fingerprint density at radius 3 is 2.37 bits per heavy atom. The molecule has 5 rings (SSSR count). The molecule has 0 heteroatoms. The second kappa shape index (κ2) is 10.5.